The van der Waals surface area contributed by atoms with Crippen LogP contribution in [0.2, 0.25) is 0 Å². The lowest BCUT2D eigenvalue weighted by Gasteiger charge is -2.06. The molecule has 2 N–H and O–H groups in total. The number of carbonyl (C=O) groups is 2. The lowest BCUT2D eigenvalue weighted by molar-refractivity contribution is -0.117. The maximum absolute atomic E-state index is 12.0. The van der Waals surface area contributed by atoms with E-state index >= 15 is 0 Å². The van der Waals surface area contributed by atoms with Gasteiger partial charge in [-0.05, 0) is 31.2 Å². The van der Waals surface area contributed by atoms with Crippen molar-refractivity contribution in [2.24, 2.45) is 0 Å². The summed E-state index contributed by atoms with van der Waals surface area (Å²) >= 11 is 0. The molecular weight excluding hydrogens is 278 g/mol. The summed E-state index contributed by atoms with van der Waals surface area (Å²) in [5.41, 5.74) is 2.01. The molecule has 0 spiro atoms. The van der Waals surface area contributed by atoms with Gasteiger partial charge < -0.3 is 10.1 Å². The quantitative estimate of drug-likeness (QED) is 0.732. The number of hydrogen-bond acceptors (Lipinski definition) is 7. The van der Waals surface area contributed by atoms with Gasteiger partial charge in [0.25, 0.3) is 5.82 Å². The zero-order valence-electron chi connectivity index (χ0n) is 11.9. The average Bonchev–Trinajstić information content (AvgIpc) is 3.01. The number of aromatic nitrogens is 6. The van der Waals surface area contributed by atoms with Crippen LogP contribution in [0.3, 0.4) is 0 Å². The van der Waals surface area contributed by atoms with Gasteiger partial charge in [0.2, 0.25) is 5.91 Å². The molecule has 0 aliphatic carbocycles. The number of anilines is 1. The smallest absolute Gasteiger partial charge is 0.378 e. The molecule has 2 heterocycles. The Morgan fingerprint density at radius 1 is 1.38 bits per heavy atom. The molecular formula is C11H15N7O3. The van der Waals surface area contributed by atoms with Gasteiger partial charge in [-0.15, -0.1) is 5.10 Å². The van der Waals surface area contributed by atoms with Gasteiger partial charge in [0.15, 0.2) is 0 Å². The lowest BCUT2D eigenvalue weighted by atomic mass is 10.3. The predicted molar refractivity (Wildman–Crippen MR) is 70.5 cm³/mol. The van der Waals surface area contributed by atoms with Gasteiger partial charge >= 0.3 is 5.97 Å². The first-order chi connectivity index (χ1) is 10.0. The highest BCUT2D eigenvalue weighted by molar-refractivity contribution is 5.92. The zero-order chi connectivity index (χ0) is 15.4. The molecule has 2 rings (SSSR count). The van der Waals surface area contributed by atoms with Crippen LogP contribution >= 0.6 is 0 Å². The van der Waals surface area contributed by atoms with Crippen molar-refractivity contribution in [3.05, 3.63) is 17.2 Å². The Hall–Kier alpha value is -2.78. The van der Waals surface area contributed by atoms with Crippen LogP contribution in [0.25, 0.3) is 0 Å². The average molecular weight is 293 g/mol. The molecule has 10 heteroatoms. The van der Waals surface area contributed by atoms with Crippen molar-refractivity contribution in [1.29, 1.82) is 0 Å². The molecule has 0 aliphatic heterocycles. The third-order valence-electron chi connectivity index (χ3n) is 2.68. The molecule has 0 atom stereocenters. The van der Waals surface area contributed by atoms with Crippen molar-refractivity contribution >= 4 is 17.6 Å². The number of aromatic amines is 1. The van der Waals surface area contributed by atoms with E-state index in [1.165, 1.54) is 0 Å². The van der Waals surface area contributed by atoms with Crippen molar-refractivity contribution < 1.29 is 14.3 Å². The monoisotopic (exact) mass is 293 g/mol. The minimum absolute atomic E-state index is 0.118. The number of carbonyl (C=O) groups excluding carboxylic acids is 2. The minimum Gasteiger partial charge on any atom is -0.460 e. The molecule has 0 unspecified atom stereocenters. The summed E-state index contributed by atoms with van der Waals surface area (Å²) in [7, 11) is 0. The fourth-order valence-electron chi connectivity index (χ4n) is 1.70. The maximum Gasteiger partial charge on any atom is 0.378 e. The van der Waals surface area contributed by atoms with Crippen molar-refractivity contribution in [2.75, 3.05) is 11.9 Å². The second kappa shape index (κ2) is 6.11. The Morgan fingerprint density at radius 3 is 2.76 bits per heavy atom. The predicted octanol–water partition coefficient (Wildman–Crippen LogP) is -0.172. The summed E-state index contributed by atoms with van der Waals surface area (Å²) in [5, 5.41) is 20.0. The number of nitrogens with one attached hydrogen (secondary N) is 2. The Labute approximate surface area is 119 Å². The highest BCUT2D eigenvalue weighted by atomic mass is 16.5. The van der Waals surface area contributed by atoms with Crippen LogP contribution in [0, 0.1) is 13.8 Å². The summed E-state index contributed by atoms with van der Waals surface area (Å²) < 4.78 is 5.89. The molecule has 0 fully saturated rings. The molecule has 1 amide bonds. The van der Waals surface area contributed by atoms with Gasteiger partial charge in [-0.3, -0.25) is 9.89 Å². The molecule has 0 saturated carbocycles. The number of aryl methyl sites for hydroxylation is 2. The number of ether oxygens (including phenoxy) is 1. The third kappa shape index (κ3) is 3.22. The summed E-state index contributed by atoms with van der Waals surface area (Å²) in [4.78, 5) is 23.6. The molecule has 112 valence electrons. The largest absolute Gasteiger partial charge is 0.460 e. The van der Waals surface area contributed by atoms with Gasteiger partial charge in [-0.2, -0.15) is 5.10 Å². The highest BCUT2D eigenvalue weighted by Gasteiger charge is 2.19. The molecule has 0 saturated heterocycles. The lowest BCUT2D eigenvalue weighted by Crippen LogP contribution is -2.23. The van der Waals surface area contributed by atoms with Crippen molar-refractivity contribution in [1.82, 2.24) is 30.4 Å². The van der Waals surface area contributed by atoms with Crippen LogP contribution in [-0.2, 0) is 16.1 Å². The van der Waals surface area contributed by atoms with Crippen molar-refractivity contribution in [2.45, 2.75) is 27.3 Å². The van der Waals surface area contributed by atoms with Gasteiger partial charge in [0.05, 0.1) is 23.7 Å². The van der Waals surface area contributed by atoms with Gasteiger partial charge in [0, 0.05) is 0 Å². The van der Waals surface area contributed by atoms with Gasteiger partial charge in [-0.25, -0.2) is 9.48 Å². The molecule has 2 aromatic heterocycles. The number of esters is 1. The molecule has 0 radical (unpaired) electrons. The van der Waals surface area contributed by atoms with Crippen molar-refractivity contribution in [3.8, 4) is 0 Å². The van der Waals surface area contributed by atoms with E-state index < -0.39 is 5.97 Å². The number of tetrazole rings is 1. The number of H-pyrrole nitrogens is 1. The Balaban J connectivity index is 2.07. The van der Waals surface area contributed by atoms with E-state index in [9.17, 15) is 9.59 Å². The van der Waals surface area contributed by atoms with E-state index in [0.29, 0.717) is 11.4 Å². The van der Waals surface area contributed by atoms with Gasteiger partial charge in [-0.1, -0.05) is 0 Å². The van der Waals surface area contributed by atoms with E-state index in [1.54, 1.807) is 20.8 Å². The number of hydrogen-bond donors (Lipinski definition) is 2. The van der Waals surface area contributed by atoms with Crippen LogP contribution in [-0.4, -0.2) is 48.9 Å². The van der Waals surface area contributed by atoms with Crippen LogP contribution in [0.4, 0.5) is 5.69 Å². The first-order valence-electron chi connectivity index (χ1n) is 6.27. The summed E-state index contributed by atoms with van der Waals surface area (Å²) in [5.74, 6) is -1.17. The first-order valence-corrected chi connectivity index (χ1v) is 6.27. The van der Waals surface area contributed by atoms with E-state index in [1.807, 2.05) is 0 Å². The third-order valence-corrected chi connectivity index (χ3v) is 2.68. The van der Waals surface area contributed by atoms with Crippen molar-refractivity contribution in [3.63, 3.8) is 0 Å². The first kappa shape index (κ1) is 14.6. The molecule has 0 aliphatic rings. The Kier molecular flexibility index (Phi) is 4.26. The second-order valence-corrected chi connectivity index (χ2v) is 4.24. The fraction of sp³-hybridized carbons (Fsp3) is 0.455. The topological polar surface area (TPSA) is 128 Å². The molecule has 0 aromatic carbocycles. The van der Waals surface area contributed by atoms with Crippen LogP contribution in [0.5, 0.6) is 0 Å². The maximum atomic E-state index is 12.0. The molecule has 0 bridgehead atoms. The summed E-state index contributed by atoms with van der Waals surface area (Å²) in [6.07, 6.45) is 0. The Bertz CT molecular complexity index is 641. The number of rotatable bonds is 5. The van der Waals surface area contributed by atoms with E-state index in [0.717, 1.165) is 10.4 Å². The normalized spacial score (nSPS) is 10.4. The summed E-state index contributed by atoms with van der Waals surface area (Å²) in [6.45, 7) is 5.22. The number of amides is 1. The van der Waals surface area contributed by atoms with Crippen LogP contribution in [0.15, 0.2) is 0 Å². The standard InChI is InChI=1S/C11H15N7O3/c1-4-21-11(20)10-15-16-17-18(10)5-8(19)12-9-6(2)13-14-7(9)3/h4-5H2,1-3H3,(H,12,19)(H,13,14). The van der Waals surface area contributed by atoms with Crippen LogP contribution in [0.1, 0.15) is 28.9 Å². The molecule has 2 aromatic rings. The number of nitrogens with zero attached hydrogens (tertiary/aromatic N) is 5. The SMILES string of the molecule is CCOC(=O)c1nnnn1CC(=O)Nc1c(C)n[nH]c1C. The highest BCUT2D eigenvalue weighted by Crippen LogP contribution is 2.15. The fourth-order valence-corrected chi connectivity index (χ4v) is 1.70. The van der Waals surface area contributed by atoms with E-state index in [4.69, 9.17) is 4.74 Å². The summed E-state index contributed by atoms with van der Waals surface area (Å²) in [6, 6.07) is 0. The zero-order valence-corrected chi connectivity index (χ0v) is 11.9. The Morgan fingerprint density at radius 2 is 2.14 bits per heavy atom. The van der Waals surface area contributed by atoms with Gasteiger partial charge in [0.1, 0.15) is 6.54 Å². The molecule has 21 heavy (non-hydrogen) atoms. The van der Waals surface area contributed by atoms with E-state index in [-0.39, 0.29) is 24.9 Å². The van der Waals surface area contributed by atoms with Crippen LogP contribution < -0.4 is 5.32 Å². The van der Waals surface area contributed by atoms with E-state index in [2.05, 4.69) is 31.0 Å². The molecule has 10 nitrogen and oxygen atoms in total. The second-order valence-electron chi connectivity index (χ2n) is 4.24. The minimum atomic E-state index is -0.675.